The SMILES string of the molecule is O=C(NC1CC1)C1(C(=O)N2CCSSCC2)CCC1. The van der Waals surface area contributed by atoms with E-state index in [9.17, 15) is 9.59 Å². The van der Waals surface area contributed by atoms with E-state index in [0.717, 1.165) is 56.7 Å². The fourth-order valence-electron chi connectivity index (χ4n) is 2.65. The Morgan fingerprint density at radius 2 is 1.74 bits per heavy atom. The van der Waals surface area contributed by atoms with Crippen LogP contribution in [0.2, 0.25) is 0 Å². The molecule has 4 nitrogen and oxygen atoms in total. The predicted molar refractivity (Wildman–Crippen MR) is 78.9 cm³/mol. The number of carbonyl (C=O) groups is 2. The zero-order valence-electron chi connectivity index (χ0n) is 11.0. The summed E-state index contributed by atoms with van der Waals surface area (Å²) in [6.07, 6.45) is 4.63. The lowest BCUT2D eigenvalue weighted by Crippen LogP contribution is -2.57. The van der Waals surface area contributed by atoms with Crippen LogP contribution in [0.4, 0.5) is 0 Å². The van der Waals surface area contributed by atoms with Gasteiger partial charge in [-0.3, -0.25) is 9.59 Å². The average Bonchev–Trinajstić information content (AvgIpc) is 3.12. The number of carbonyl (C=O) groups excluding carboxylic acids is 2. The third-order valence-electron chi connectivity index (χ3n) is 4.22. The van der Waals surface area contributed by atoms with Crippen molar-refractivity contribution < 1.29 is 9.59 Å². The second-order valence-corrected chi connectivity index (χ2v) is 8.32. The van der Waals surface area contributed by atoms with Gasteiger partial charge in [0.25, 0.3) is 0 Å². The van der Waals surface area contributed by atoms with Crippen molar-refractivity contribution in [2.24, 2.45) is 5.41 Å². The van der Waals surface area contributed by atoms with E-state index in [1.165, 1.54) is 0 Å². The van der Waals surface area contributed by atoms with Gasteiger partial charge in [0.05, 0.1) is 0 Å². The number of rotatable bonds is 3. The summed E-state index contributed by atoms with van der Waals surface area (Å²) in [5.74, 6) is 2.02. The van der Waals surface area contributed by atoms with Gasteiger partial charge in [0, 0.05) is 30.6 Å². The van der Waals surface area contributed by atoms with Crippen molar-refractivity contribution in [2.45, 2.75) is 38.1 Å². The lowest BCUT2D eigenvalue weighted by molar-refractivity contribution is -0.156. The minimum atomic E-state index is -0.720. The van der Waals surface area contributed by atoms with Gasteiger partial charge in [-0.05, 0) is 25.7 Å². The van der Waals surface area contributed by atoms with E-state index in [1.807, 2.05) is 26.5 Å². The van der Waals surface area contributed by atoms with Crippen LogP contribution in [0.25, 0.3) is 0 Å². The van der Waals surface area contributed by atoms with Crippen LogP contribution in [0.5, 0.6) is 0 Å². The highest BCUT2D eigenvalue weighted by Crippen LogP contribution is 2.44. The van der Waals surface area contributed by atoms with E-state index in [0.29, 0.717) is 6.04 Å². The molecule has 0 aromatic carbocycles. The van der Waals surface area contributed by atoms with Gasteiger partial charge in [-0.25, -0.2) is 0 Å². The van der Waals surface area contributed by atoms with Crippen LogP contribution < -0.4 is 5.32 Å². The Bertz CT molecular complexity index is 373. The Morgan fingerprint density at radius 3 is 2.21 bits per heavy atom. The number of amides is 2. The number of nitrogens with zero attached hydrogens (tertiary/aromatic N) is 1. The van der Waals surface area contributed by atoms with Crippen LogP contribution in [0.3, 0.4) is 0 Å². The van der Waals surface area contributed by atoms with Gasteiger partial charge in [0.15, 0.2) is 0 Å². The number of nitrogens with one attached hydrogen (secondary N) is 1. The molecule has 0 aromatic heterocycles. The molecule has 106 valence electrons. The summed E-state index contributed by atoms with van der Waals surface area (Å²) in [7, 11) is 3.65. The normalized spacial score (nSPS) is 26.2. The minimum absolute atomic E-state index is 0.00389. The third kappa shape index (κ3) is 2.75. The van der Waals surface area contributed by atoms with Crippen molar-refractivity contribution in [3.63, 3.8) is 0 Å². The zero-order valence-corrected chi connectivity index (χ0v) is 12.7. The first-order chi connectivity index (χ1) is 9.22. The van der Waals surface area contributed by atoms with Crippen molar-refractivity contribution in [2.75, 3.05) is 24.6 Å². The topological polar surface area (TPSA) is 49.4 Å². The van der Waals surface area contributed by atoms with Crippen molar-refractivity contribution >= 4 is 33.4 Å². The molecule has 2 aliphatic carbocycles. The van der Waals surface area contributed by atoms with Crippen LogP contribution in [-0.2, 0) is 9.59 Å². The predicted octanol–water partition coefficient (Wildman–Crippen LogP) is 1.66. The molecule has 3 aliphatic rings. The first-order valence-electron chi connectivity index (χ1n) is 7.07. The fourth-order valence-corrected chi connectivity index (χ4v) is 4.63. The molecule has 3 rings (SSSR count). The number of hydrogen-bond donors (Lipinski definition) is 1. The van der Waals surface area contributed by atoms with E-state index in [-0.39, 0.29) is 11.8 Å². The molecule has 1 heterocycles. The summed E-state index contributed by atoms with van der Waals surface area (Å²) in [6, 6.07) is 0.341. The van der Waals surface area contributed by atoms with E-state index in [1.54, 1.807) is 0 Å². The maximum atomic E-state index is 12.7. The molecular formula is C13H20N2O2S2. The summed E-state index contributed by atoms with van der Waals surface area (Å²) in [6.45, 7) is 1.57. The molecule has 2 amide bonds. The van der Waals surface area contributed by atoms with E-state index in [2.05, 4.69) is 5.32 Å². The van der Waals surface area contributed by atoms with Crippen molar-refractivity contribution in [3.05, 3.63) is 0 Å². The third-order valence-corrected chi connectivity index (χ3v) is 6.59. The largest absolute Gasteiger partial charge is 0.352 e. The molecule has 0 atom stereocenters. The maximum absolute atomic E-state index is 12.7. The highest BCUT2D eigenvalue weighted by Gasteiger charge is 2.53. The quantitative estimate of drug-likeness (QED) is 0.636. The molecule has 0 spiro atoms. The molecule has 0 unspecified atom stereocenters. The Hall–Kier alpha value is -0.360. The Balaban J connectivity index is 1.68. The molecule has 1 aliphatic heterocycles. The van der Waals surface area contributed by atoms with Gasteiger partial charge >= 0.3 is 0 Å². The lowest BCUT2D eigenvalue weighted by Gasteiger charge is -2.41. The highest BCUT2D eigenvalue weighted by molar-refractivity contribution is 8.76. The maximum Gasteiger partial charge on any atom is 0.238 e. The Morgan fingerprint density at radius 1 is 1.11 bits per heavy atom. The average molecular weight is 300 g/mol. The van der Waals surface area contributed by atoms with Crippen LogP contribution in [0.1, 0.15) is 32.1 Å². The van der Waals surface area contributed by atoms with Gasteiger partial charge in [0.1, 0.15) is 5.41 Å². The summed E-state index contributed by atoms with van der Waals surface area (Å²) >= 11 is 0. The van der Waals surface area contributed by atoms with Gasteiger partial charge < -0.3 is 10.2 Å². The second kappa shape index (κ2) is 5.56. The van der Waals surface area contributed by atoms with Crippen LogP contribution in [0, 0.1) is 5.41 Å². The van der Waals surface area contributed by atoms with Crippen molar-refractivity contribution in [3.8, 4) is 0 Å². The van der Waals surface area contributed by atoms with E-state index >= 15 is 0 Å². The first kappa shape index (κ1) is 13.6. The zero-order chi connectivity index (χ0) is 13.3. The molecule has 2 saturated carbocycles. The summed E-state index contributed by atoms with van der Waals surface area (Å²) in [5.41, 5.74) is -0.720. The second-order valence-electron chi connectivity index (χ2n) is 5.62. The summed E-state index contributed by atoms with van der Waals surface area (Å²) < 4.78 is 0. The van der Waals surface area contributed by atoms with E-state index in [4.69, 9.17) is 0 Å². The van der Waals surface area contributed by atoms with Gasteiger partial charge in [0.2, 0.25) is 11.8 Å². The molecule has 0 aromatic rings. The monoisotopic (exact) mass is 300 g/mol. The molecule has 3 fully saturated rings. The first-order valence-corrected chi connectivity index (χ1v) is 9.56. The minimum Gasteiger partial charge on any atom is -0.352 e. The van der Waals surface area contributed by atoms with Crippen LogP contribution in [0.15, 0.2) is 0 Å². The van der Waals surface area contributed by atoms with Gasteiger partial charge in [-0.1, -0.05) is 28.0 Å². The molecule has 1 saturated heterocycles. The standard InChI is InChI=1S/C13H20N2O2S2/c16-11(14-10-2-3-10)13(4-1-5-13)12(17)15-6-8-18-19-9-7-15/h10H,1-9H2,(H,14,16). The van der Waals surface area contributed by atoms with Crippen LogP contribution in [-0.4, -0.2) is 47.4 Å². The molecule has 0 bridgehead atoms. The molecule has 19 heavy (non-hydrogen) atoms. The molecule has 6 heteroatoms. The smallest absolute Gasteiger partial charge is 0.238 e. The van der Waals surface area contributed by atoms with Crippen molar-refractivity contribution in [1.82, 2.24) is 10.2 Å². The van der Waals surface area contributed by atoms with E-state index < -0.39 is 5.41 Å². The lowest BCUT2D eigenvalue weighted by atomic mass is 9.67. The highest BCUT2D eigenvalue weighted by atomic mass is 33.1. The molecule has 1 N–H and O–H groups in total. The Kier molecular flexibility index (Phi) is 3.98. The summed E-state index contributed by atoms with van der Waals surface area (Å²) in [4.78, 5) is 27.1. The van der Waals surface area contributed by atoms with Gasteiger partial charge in [-0.2, -0.15) is 0 Å². The van der Waals surface area contributed by atoms with Crippen LogP contribution >= 0.6 is 21.6 Å². The Labute approximate surface area is 121 Å². The summed E-state index contributed by atoms with van der Waals surface area (Å²) in [5, 5.41) is 3.04. The molecule has 0 radical (unpaired) electrons. The van der Waals surface area contributed by atoms with Crippen molar-refractivity contribution in [1.29, 1.82) is 0 Å². The fraction of sp³-hybridized carbons (Fsp3) is 0.846. The van der Waals surface area contributed by atoms with Gasteiger partial charge in [-0.15, -0.1) is 0 Å². The number of hydrogen-bond acceptors (Lipinski definition) is 4. The molecular weight excluding hydrogens is 280 g/mol.